The fourth-order valence-corrected chi connectivity index (χ4v) is 4.13. The highest BCUT2D eigenvalue weighted by Gasteiger charge is 2.27. The smallest absolute Gasteiger partial charge is 0.240 e. The molecule has 0 radical (unpaired) electrons. The van der Waals surface area contributed by atoms with E-state index in [0.29, 0.717) is 4.90 Å². The van der Waals surface area contributed by atoms with Gasteiger partial charge in [-0.2, -0.15) is 11.3 Å². The van der Waals surface area contributed by atoms with E-state index >= 15 is 0 Å². The Morgan fingerprint density at radius 3 is 2.48 bits per heavy atom. The molecule has 1 aliphatic carbocycles. The minimum Gasteiger partial charge on any atom is -0.378 e. The third kappa shape index (κ3) is 3.64. The monoisotopic (exact) mass is 322 g/mol. The maximum atomic E-state index is 12.1. The van der Waals surface area contributed by atoms with Crippen molar-refractivity contribution in [2.24, 2.45) is 0 Å². The molecule has 1 aromatic heterocycles. The molecule has 0 saturated heterocycles. The summed E-state index contributed by atoms with van der Waals surface area (Å²) in [6.07, 6.45) is 1.88. The van der Waals surface area contributed by atoms with Gasteiger partial charge < -0.3 is 5.32 Å². The standard InChI is InChI=1S/C15H18N2O2S2/c1-11(12-8-9-20-10-12)16-13-4-6-15(7-5-13)21(18,19)17-14-2-3-14/h4-11,14,16-17H,2-3H2,1H3. The summed E-state index contributed by atoms with van der Waals surface area (Å²) in [5, 5.41) is 7.52. The average Bonchev–Trinajstić information content (AvgIpc) is 3.08. The van der Waals surface area contributed by atoms with Gasteiger partial charge in [0.15, 0.2) is 0 Å². The van der Waals surface area contributed by atoms with Crippen molar-refractivity contribution in [2.45, 2.75) is 36.7 Å². The number of thiophene rings is 1. The molecule has 3 rings (SSSR count). The fourth-order valence-electron chi connectivity index (χ4n) is 2.07. The summed E-state index contributed by atoms with van der Waals surface area (Å²) in [4.78, 5) is 0.322. The number of rotatable bonds is 6. The van der Waals surface area contributed by atoms with Gasteiger partial charge in [-0.1, -0.05) is 0 Å². The molecule has 1 fully saturated rings. The number of hydrogen-bond donors (Lipinski definition) is 2. The summed E-state index contributed by atoms with van der Waals surface area (Å²) >= 11 is 1.67. The third-order valence-electron chi connectivity index (χ3n) is 3.49. The first kappa shape index (κ1) is 14.6. The van der Waals surface area contributed by atoms with E-state index < -0.39 is 10.0 Å². The maximum Gasteiger partial charge on any atom is 0.240 e. The zero-order valence-corrected chi connectivity index (χ0v) is 13.4. The molecular weight excluding hydrogens is 304 g/mol. The maximum absolute atomic E-state index is 12.1. The second kappa shape index (κ2) is 5.79. The molecule has 0 bridgehead atoms. The minimum atomic E-state index is -3.36. The summed E-state index contributed by atoms with van der Waals surface area (Å²) in [7, 11) is -3.36. The van der Waals surface area contributed by atoms with Crippen LogP contribution in [0.15, 0.2) is 46.0 Å². The van der Waals surface area contributed by atoms with E-state index in [1.165, 1.54) is 5.56 Å². The van der Waals surface area contributed by atoms with E-state index in [2.05, 4.69) is 28.4 Å². The van der Waals surface area contributed by atoms with Crippen molar-refractivity contribution < 1.29 is 8.42 Å². The summed E-state index contributed by atoms with van der Waals surface area (Å²) in [5.74, 6) is 0. The highest BCUT2D eigenvalue weighted by molar-refractivity contribution is 7.89. The van der Waals surface area contributed by atoms with Crippen LogP contribution in [-0.2, 0) is 10.0 Å². The van der Waals surface area contributed by atoms with E-state index in [0.717, 1.165) is 18.5 Å². The van der Waals surface area contributed by atoms with E-state index in [1.807, 2.05) is 17.5 Å². The summed E-state index contributed by atoms with van der Waals surface area (Å²) < 4.78 is 26.8. The van der Waals surface area contributed by atoms with Gasteiger partial charge in [0.05, 0.1) is 4.90 Å². The Balaban J connectivity index is 1.69. The molecule has 0 spiro atoms. The summed E-state index contributed by atoms with van der Waals surface area (Å²) in [5.41, 5.74) is 2.14. The van der Waals surface area contributed by atoms with Gasteiger partial charge >= 0.3 is 0 Å². The molecule has 112 valence electrons. The molecule has 1 aromatic carbocycles. The molecule has 1 unspecified atom stereocenters. The van der Waals surface area contributed by atoms with Crippen LogP contribution in [0.3, 0.4) is 0 Å². The van der Waals surface area contributed by atoms with Gasteiger partial charge in [0.25, 0.3) is 0 Å². The molecular formula is C15H18N2O2S2. The van der Waals surface area contributed by atoms with Crippen LogP contribution in [0, 0.1) is 0 Å². The molecule has 0 aliphatic heterocycles. The third-order valence-corrected chi connectivity index (χ3v) is 5.73. The summed E-state index contributed by atoms with van der Waals surface area (Å²) in [6.45, 7) is 2.08. The van der Waals surface area contributed by atoms with Gasteiger partial charge in [0.1, 0.15) is 0 Å². The molecule has 1 atom stereocenters. The number of benzene rings is 1. The summed E-state index contributed by atoms with van der Waals surface area (Å²) in [6, 6.07) is 9.32. The number of nitrogens with one attached hydrogen (secondary N) is 2. The first-order valence-corrected chi connectivity index (χ1v) is 9.38. The van der Waals surface area contributed by atoms with Crippen LogP contribution in [0.5, 0.6) is 0 Å². The Labute approximate surface area is 129 Å². The Bertz CT molecular complexity index is 690. The predicted octanol–water partition coefficient (Wildman–Crippen LogP) is 3.36. The molecule has 2 N–H and O–H groups in total. The Hall–Kier alpha value is -1.37. The van der Waals surface area contributed by atoms with E-state index in [9.17, 15) is 8.42 Å². The Kier molecular flexibility index (Phi) is 4.01. The number of sulfonamides is 1. The first-order chi connectivity index (χ1) is 10.0. The molecule has 1 aliphatic rings. The second-order valence-electron chi connectivity index (χ2n) is 5.34. The van der Waals surface area contributed by atoms with Crippen molar-refractivity contribution in [2.75, 3.05) is 5.32 Å². The van der Waals surface area contributed by atoms with Gasteiger partial charge in [-0.05, 0) is 66.4 Å². The van der Waals surface area contributed by atoms with Crippen LogP contribution in [0.2, 0.25) is 0 Å². The fraction of sp³-hybridized carbons (Fsp3) is 0.333. The van der Waals surface area contributed by atoms with Crippen molar-refractivity contribution in [3.05, 3.63) is 46.7 Å². The van der Waals surface area contributed by atoms with E-state index in [1.54, 1.807) is 23.5 Å². The van der Waals surface area contributed by atoms with Gasteiger partial charge in [0, 0.05) is 17.8 Å². The molecule has 1 heterocycles. The molecule has 4 nitrogen and oxygen atoms in total. The lowest BCUT2D eigenvalue weighted by atomic mass is 10.2. The van der Waals surface area contributed by atoms with Gasteiger partial charge in [-0.25, -0.2) is 13.1 Å². The minimum absolute atomic E-state index is 0.131. The molecule has 6 heteroatoms. The second-order valence-corrected chi connectivity index (χ2v) is 7.84. The highest BCUT2D eigenvalue weighted by Crippen LogP contribution is 2.24. The average molecular weight is 322 g/mol. The highest BCUT2D eigenvalue weighted by atomic mass is 32.2. The van der Waals surface area contributed by atoms with Crippen LogP contribution in [-0.4, -0.2) is 14.5 Å². The lowest BCUT2D eigenvalue weighted by Gasteiger charge is -2.14. The van der Waals surface area contributed by atoms with Crippen LogP contribution in [0.4, 0.5) is 5.69 Å². The van der Waals surface area contributed by atoms with Crippen molar-refractivity contribution >= 4 is 27.0 Å². The molecule has 2 aromatic rings. The van der Waals surface area contributed by atoms with Crippen molar-refractivity contribution in [1.29, 1.82) is 0 Å². The SMILES string of the molecule is CC(Nc1ccc(S(=O)(=O)NC2CC2)cc1)c1ccsc1. The van der Waals surface area contributed by atoms with Crippen LogP contribution < -0.4 is 10.0 Å². The quantitative estimate of drug-likeness (QED) is 0.857. The van der Waals surface area contributed by atoms with Crippen LogP contribution in [0.25, 0.3) is 0 Å². The number of hydrogen-bond acceptors (Lipinski definition) is 4. The predicted molar refractivity (Wildman–Crippen MR) is 86.1 cm³/mol. The van der Waals surface area contributed by atoms with Gasteiger partial charge in [-0.3, -0.25) is 0 Å². The Morgan fingerprint density at radius 2 is 1.90 bits per heavy atom. The molecule has 21 heavy (non-hydrogen) atoms. The van der Waals surface area contributed by atoms with Crippen molar-refractivity contribution in [3.63, 3.8) is 0 Å². The topological polar surface area (TPSA) is 58.2 Å². The first-order valence-electron chi connectivity index (χ1n) is 6.95. The zero-order valence-electron chi connectivity index (χ0n) is 11.7. The Morgan fingerprint density at radius 1 is 1.19 bits per heavy atom. The number of anilines is 1. The lowest BCUT2D eigenvalue weighted by molar-refractivity contribution is 0.581. The van der Waals surface area contributed by atoms with E-state index in [4.69, 9.17) is 0 Å². The van der Waals surface area contributed by atoms with Crippen LogP contribution >= 0.6 is 11.3 Å². The molecule has 0 amide bonds. The van der Waals surface area contributed by atoms with Gasteiger partial charge in [-0.15, -0.1) is 0 Å². The largest absolute Gasteiger partial charge is 0.378 e. The molecule has 1 saturated carbocycles. The van der Waals surface area contributed by atoms with Crippen molar-refractivity contribution in [3.8, 4) is 0 Å². The zero-order chi connectivity index (χ0) is 14.9. The normalized spacial score (nSPS) is 16.6. The lowest BCUT2D eigenvalue weighted by Crippen LogP contribution is -2.25. The van der Waals surface area contributed by atoms with E-state index in [-0.39, 0.29) is 12.1 Å². The van der Waals surface area contributed by atoms with Crippen LogP contribution in [0.1, 0.15) is 31.4 Å². The van der Waals surface area contributed by atoms with Crippen molar-refractivity contribution in [1.82, 2.24) is 4.72 Å². The van der Waals surface area contributed by atoms with Gasteiger partial charge in [0.2, 0.25) is 10.0 Å².